The highest BCUT2D eigenvalue weighted by Gasteiger charge is 2.39. The van der Waals surface area contributed by atoms with E-state index in [0.717, 1.165) is 5.52 Å². The fraction of sp³-hybridized carbons (Fsp3) is 0.182. The number of alkyl halides is 3. The van der Waals surface area contributed by atoms with Crippen molar-refractivity contribution in [1.29, 1.82) is 0 Å². The molecule has 0 spiro atoms. The molecule has 0 saturated carbocycles. The number of benzene rings is 1. The van der Waals surface area contributed by atoms with Crippen LogP contribution in [0, 0.1) is 0 Å². The van der Waals surface area contributed by atoms with Gasteiger partial charge in [-0.05, 0) is 6.07 Å². The highest BCUT2D eigenvalue weighted by molar-refractivity contribution is 6.03. The highest BCUT2D eigenvalue weighted by Crippen LogP contribution is 2.26. The summed E-state index contributed by atoms with van der Waals surface area (Å²) < 4.78 is 38.0. The van der Waals surface area contributed by atoms with E-state index < -0.39 is 12.1 Å². The highest BCUT2D eigenvalue weighted by atomic mass is 19.4. The SMILES string of the molecule is Cn1cc(NC(=O)C(F)(F)F)c2ccccc21. The van der Waals surface area contributed by atoms with Gasteiger partial charge in [-0.1, -0.05) is 18.2 Å². The maximum atomic E-state index is 12.1. The summed E-state index contributed by atoms with van der Waals surface area (Å²) >= 11 is 0. The van der Waals surface area contributed by atoms with E-state index in [1.165, 1.54) is 6.20 Å². The fourth-order valence-electron chi connectivity index (χ4n) is 1.63. The molecule has 90 valence electrons. The Hall–Kier alpha value is -1.98. The molecule has 0 atom stereocenters. The number of fused-ring (bicyclic) bond motifs is 1. The first-order chi connectivity index (χ1) is 7.89. The third-order valence-electron chi connectivity index (χ3n) is 2.40. The van der Waals surface area contributed by atoms with Crippen molar-refractivity contribution in [1.82, 2.24) is 4.57 Å². The van der Waals surface area contributed by atoms with Crippen LogP contribution in [0.5, 0.6) is 0 Å². The summed E-state index contributed by atoms with van der Waals surface area (Å²) in [6, 6.07) is 6.89. The van der Waals surface area contributed by atoms with Crippen molar-refractivity contribution in [2.45, 2.75) is 6.18 Å². The Bertz CT molecular complexity index is 572. The van der Waals surface area contributed by atoms with Crippen LogP contribution >= 0.6 is 0 Å². The Kier molecular flexibility index (Phi) is 2.57. The van der Waals surface area contributed by atoms with Crippen molar-refractivity contribution in [2.75, 3.05) is 5.32 Å². The normalized spacial score (nSPS) is 11.8. The van der Waals surface area contributed by atoms with Crippen LogP contribution in [0.25, 0.3) is 10.9 Å². The summed E-state index contributed by atoms with van der Waals surface area (Å²) in [6.45, 7) is 0. The lowest BCUT2D eigenvalue weighted by atomic mass is 10.2. The molecule has 0 fully saturated rings. The molecule has 3 nitrogen and oxygen atoms in total. The third kappa shape index (κ3) is 2.11. The zero-order chi connectivity index (χ0) is 12.6. The second-order valence-electron chi connectivity index (χ2n) is 3.62. The molecule has 1 aromatic heterocycles. The second-order valence-corrected chi connectivity index (χ2v) is 3.62. The van der Waals surface area contributed by atoms with E-state index in [-0.39, 0.29) is 5.69 Å². The summed E-state index contributed by atoms with van der Waals surface area (Å²) in [4.78, 5) is 10.8. The van der Waals surface area contributed by atoms with Crippen molar-refractivity contribution < 1.29 is 18.0 Å². The van der Waals surface area contributed by atoms with E-state index in [0.29, 0.717) is 5.39 Å². The Morgan fingerprint density at radius 2 is 1.94 bits per heavy atom. The number of nitrogens with one attached hydrogen (secondary N) is 1. The van der Waals surface area contributed by atoms with Gasteiger partial charge in [-0.25, -0.2) is 0 Å². The van der Waals surface area contributed by atoms with E-state index in [1.54, 1.807) is 35.9 Å². The van der Waals surface area contributed by atoms with E-state index in [2.05, 4.69) is 0 Å². The molecule has 0 unspecified atom stereocenters. The van der Waals surface area contributed by atoms with Crippen LogP contribution in [0.15, 0.2) is 30.5 Å². The van der Waals surface area contributed by atoms with E-state index in [9.17, 15) is 18.0 Å². The molecule has 6 heteroatoms. The molecule has 0 aliphatic rings. The fourth-order valence-corrected chi connectivity index (χ4v) is 1.63. The predicted molar refractivity (Wildman–Crippen MR) is 57.6 cm³/mol. The van der Waals surface area contributed by atoms with Gasteiger partial charge in [-0.3, -0.25) is 4.79 Å². The Labute approximate surface area is 94.8 Å². The van der Waals surface area contributed by atoms with Gasteiger partial charge in [-0.2, -0.15) is 13.2 Å². The average Bonchev–Trinajstić information content (AvgIpc) is 2.56. The summed E-state index contributed by atoms with van der Waals surface area (Å²) in [5.74, 6) is -1.96. The van der Waals surface area contributed by atoms with Crippen LogP contribution in [0.4, 0.5) is 18.9 Å². The van der Waals surface area contributed by atoms with Gasteiger partial charge >= 0.3 is 12.1 Å². The van der Waals surface area contributed by atoms with Crippen LogP contribution in [-0.4, -0.2) is 16.7 Å². The number of carbonyl (C=O) groups is 1. The molecule has 0 aliphatic carbocycles. The van der Waals surface area contributed by atoms with Crippen molar-refractivity contribution in [3.63, 3.8) is 0 Å². The molecule has 1 amide bonds. The molecule has 0 bridgehead atoms. The molecule has 2 aromatic rings. The van der Waals surface area contributed by atoms with Crippen molar-refractivity contribution in [2.24, 2.45) is 7.05 Å². The summed E-state index contributed by atoms with van der Waals surface area (Å²) in [5.41, 5.74) is 0.912. The molecular weight excluding hydrogens is 233 g/mol. The number of hydrogen-bond acceptors (Lipinski definition) is 1. The number of hydrogen-bond donors (Lipinski definition) is 1. The van der Waals surface area contributed by atoms with Gasteiger partial charge in [0.05, 0.1) is 5.69 Å². The van der Waals surface area contributed by atoms with E-state index in [4.69, 9.17) is 0 Å². The lowest BCUT2D eigenvalue weighted by Gasteiger charge is -2.06. The summed E-state index contributed by atoms with van der Waals surface area (Å²) in [6.07, 6.45) is -3.43. The number of aryl methyl sites for hydroxylation is 1. The Balaban J connectivity index is 2.41. The minimum atomic E-state index is -4.88. The molecule has 0 aliphatic heterocycles. The smallest absolute Gasteiger partial charge is 0.348 e. The van der Waals surface area contributed by atoms with Gasteiger partial charge in [0.25, 0.3) is 0 Å². The number of aromatic nitrogens is 1. The monoisotopic (exact) mass is 242 g/mol. The molecule has 0 radical (unpaired) electrons. The van der Waals surface area contributed by atoms with Crippen LogP contribution < -0.4 is 5.32 Å². The van der Waals surface area contributed by atoms with Crippen molar-refractivity contribution in [3.05, 3.63) is 30.5 Å². The van der Waals surface area contributed by atoms with Gasteiger partial charge in [0.15, 0.2) is 0 Å². The molecular formula is C11H9F3N2O. The predicted octanol–water partition coefficient (Wildman–Crippen LogP) is 2.68. The van der Waals surface area contributed by atoms with Gasteiger partial charge < -0.3 is 9.88 Å². The summed E-state index contributed by atoms with van der Waals surface area (Å²) in [7, 11) is 1.70. The molecule has 2 rings (SSSR count). The first-order valence-corrected chi connectivity index (χ1v) is 4.82. The van der Waals surface area contributed by atoms with Gasteiger partial charge in [0.1, 0.15) is 0 Å². The molecule has 1 aromatic carbocycles. The van der Waals surface area contributed by atoms with Crippen LogP contribution in [0.3, 0.4) is 0 Å². The largest absolute Gasteiger partial charge is 0.471 e. The zero-order valence-corrected chi connectivity index (χ0v) is 8.88. The average molecular weight is 242 g/mol. The minimum absolute atomic E-state index is 0.158. The second kappa shape index (κ2) is 3.80. The van der Waals surface area contributed by atoms with Crippen LogP contribution in [0.1, 0.15) is 0 Å². The maximum Gasteiger partial charge on any atom is 0.471 e. The third-order valence-corrected chi connectivity index (χ3v) is 2.40. The van der Waals surface area contributed by atoms with Crippen LogP contribution in [-0.2, 0) is 11.8 Å². The Morgan fingerprint density at radius 3 is 2.59 bits per heavy atom. The topological polar surface area (TPSA) is 34.0 Å². The van der Waals surface area contributed by atoms with Crippen LogP contribution in [0.2, 0.25) is 0 Å². The van der Waals surface area contributed by atoms with E-state index in [1.807, 2.05) is 5.32 Å². The quantitative estimate of drug-likeness (QED) is 0.819. The molecule has 1 N–H and O–H groups in total. The number of halogens is 3. The minimum Gasteiger partial charge on any atom is -0.348 e. The molecule has 0 saturated heterocycles. The number of carbonyl (C=O) groups excluding carboxylic acids is 1. The number of rotatable bonds is 1. The van der Waals surface area contributed by atoms with Crippen molar-refractivity contribution >= 4 is 22.5 Å². The van der Waals surface area contributed by atoms with E-state index >= 15 is 0 Å². The molecule has 1 heterocycles. The lowest BCUT2D eigenvalue weighted by Crippen LogP contribution is -2.29. The van der Waals surface area contributed by atoms with Gasteiger partial charge in [0, 0.05) is 24.1 Å². The van der Waals surface area contributed by atoms with Gasteiger partial charge in [-0.15, -0.1) is 0 Å². The lowest BCUT2D eigenvalue weighted by molar-refractivity contribution is -0.167. The first-order valence-electron chi connectivity index (χ1n) is 4.82. The zero-order valence-electron chi connectivity index (χ0n) is 8.88. The number of anilines is 1. The number of amides is 1. The van der Waals surface area contributed by atoms with Crippen molar-refractivity contribution in [3.8, 4) is 0 Å². The van der Waals surface area contributed by atoms with Gasteiger partial charge in [0.2, 0.25) is 0 Å². The molecule has 17 heavy (non-hydrogen) atoms. The summed E-state index contributed by atoms with van der Waals surface area (Å²) in [5, 5.41) is 2.44. The number of para-hydroxylation sites is 1. The Morgan fingerprint density at radius 1 is 1.29 bits per heavy atom. The number of nitrogens with zero attached hydrogens (tertiary/aromatic N) is 1. The standard InChI is InChI=1S/C11H9F3N2O/c1-16-6-8(15-10(17)11(12,13)14)7-4-2-3-5-9(7)16/h2-6H,1H3,(H,15,17). The maximum absolute atomic E-state index is 12.1. The first kappa shape index (κ1) is 11.5.